The van der Waals surface area contributed by atoms with Gasteiger partial charge in [-0.25, -0.2) is 0 Å². The van der Waals surface area contributed by atoms with Crippen molar-refractivity contribution in [2.75, 3.05) is 0 Å². The molecule has 0 spiro atoms. The van der Waals surface area contributed by atoms with Gasteiger partial charge in [-0.1, -0.05) is 147 Å². The van der Waals surface area contributed by atoms with Crippen LogP contribution in [0.5, 0.6) is 0 Å². The summed E-state index contributed by atoms with van der Waals surface area (Å²) in [5, 5.41) is 0. The number of allylic oxidation sites excluding steroid dienone is 4. The molecule has 0 N–H and O–H groups in total. The maximum Gasteiger partial charge on any atom is 0.0230 e. The van der Waals surface area contributed by atoms with E-state index in [9.17, 15) is 0 Å². The molecule has 0 heterocycles. The summed E-state index contributed by atoms with van der Waals surface area (Å²) >= 11 is 0. The minimum absolute atomic E-state index is 0.190. The Morgan fingerprint density at radius 1 is 0.588 bits per heavy atom. The molecule has 0 amide bonds. The van der Waals surface area contributed by atoms with Crippen LogP contribution in [0, 0.1) is 39.4 Å². The molecule has 206 valence electrons. The Kier molecular flexibility index (Phi) is 30.2. The summed E-state index contributed by atoms with van der Waals surface area (Å²) < 4.78 is 0. The highest BCUT2D eigenvalue weighted by Gasteiger charge is 2.02. The Balaban J connectivity index is -0.000000105. The summed E-state index contributed by atoms with van der Waals surface area (Å²) in [6, 6.07) is 0. The molecule has 0 unspecified atom stereocenters. The van der Waals surface area contributed by atoms with Gasteiger partial charge in [-0.05, 0) is 55.8 Å². The molecule has 0 aromatic heterocycles. The first kappa shape index (κ1) is 43.1. The molecule has 0 radical (unpaired) electrons. The van der Waals surface area contributed by atoms with E-state index in [1.54, 1.807) is 0 Å². The van der Waals surface area contributed by atoms with E-state index in [0.717, 1.165) is 25.2 Å². The molecule has 0 atom stereocenters. The zero-order chi connectivity index (χ0) is 28.6. The van der Waals surface area contributed by atoms with E-state index in [2.05, 4.69) is 168 Å². The second kappa shape index (κ2) is 23.8. The first-order valence-electron chi connectivity index (χ1n) is 13.8. The molecule has 0 saturated heterocycles. The molecular formula is C34H70. The summed E-state index contributed by atoms with van der Waals surface area (Å²) in [5.41, 5.74) is 1.43. The molecule has 0 aromatic rings. The molecule has 0 saturated carbocycles. The van der Waals surface area contributed by atoms with Crippen molar-refractivity contribution >= 4 is 0 Å². The van der Waals surface area contributed by atoms with Crippen molar-refractivity contribution in [3.8, 4) is 11.8 Å². The number of hydrogen-bond donors (Lipinski definition) is 0. The standard InChI is InChI=1S/2C8H16.C8H14.2C5H12/c3*1-5-6-7-8(2,3)4;1-5(2,3)4;1-4-5(2)3/h2*6-7H,5H2,1-4H3;5H2,1-4H3;1-4H3;5H,4H2,1-3H3/b7-6+;7-6-;;;. The SMILES string of the molecule is CC(C)(C)C.CC/C=C/C(C)(C)C.CC/C=C\C(C)(C)C.CCC#CC(C)(C)C.CCC(C)C. The zero-order valence-electron chi connectivity index (χ0n) is 27.7. The lowest BCUT2D eigenvalue weighted by Gasteiger charge is -2.10. The van der Waals surface area contributed by atoms with E-state index in [0.29, 0.717) is 16.2 Å². The Morgan fingerprint density at radius 2 is 0.853 bits per heavy atom. The first-order chi connectivity index (χ1) is 15.0. The highest BCUT2D eigenvalue weighted by atomic mass is 14.1. The van der Waals surface area contributed by atoms with Crippen LogP contribution in [0.15, 0.2) is 24.3 Å². The van der Waals surface area contributed by atoms with E-state index >= 15 is 0 Å². The van der Waals surface area contributed by atoms with Gasteiger partial charge in [-0.15, -0.1) is 5.92 Å². The van der Waals surface area contributed by atoms with Gasteiger partial charge < -0.3 is 0 Å². The highest BCUT2D eigenvalue weighted by Crippen LogP contribution is 2.15. The fourth-order valence-corrected chi connectivity index (χ4v) is 1.30. The average molecular weight is 479 g/mol. The highest BCUT2D eigenvalue weighted by molar-refractivity contribution is 5.06. The van der Waals surface area contributed by atoms with Crippen LogP contribution in [0.2, 0.25) is 0 Å². The van der Waals surface area contributed by atoms with Crippen LogP contribution in [-0.2, 0) is 0 Å². The van der Waals surface area contributed by atoms with Crippen molar-refractivity contribution in [1.82, 2.24) is 0 Å². The van der Waals surface area contributed by atoms with Crippen molar-refractivity contribution in [3.63, 3.8) is 0 Å². The molecule has 0 aromatic carbocycles. The van der Waals surface area contributed by atoms with Crippen molar-refractivity contribution in [1.29, 1.82) is 0 Å². The third-order valence-corrected chi connectivity index (χ3v) is 3.16. The van der Waals surface area contributed by atoms with E-state index < -0.39 is 0 Å². The van der Waals surface area contributed by atoms with Crippen molar-refractivity contribution in [3.05, 3.63) is 24.3 Å². The van der Waals surface area contributed by atoms with Crippen LogP contribution < -0.4 is 0 Å². The lowest BCUT2D eigenvalue weighted by molar-refractivity contribution is 0.469. The Bertz CT molecular complexity index is 472. The van der Waals surface area contributed by atoms with E-state index in [-0.39, 0.29) is 5.41 Å². The van der Waals surface area contributed by atoms with Crippen molar-refractivity contribution in [2.45, 2.75) is 157 Å². The lowest BCUT2D eigenvalue weighted by Crippen LogP contribution is -1.98. The molecule has 0 rings (SSSR count). The second-order valence-electron chi connectivity index (χ2n) is 14.1. The van der Waals surface area contributed by atoms with Crippen LogP contribution in [0.4, 0.5) is 0 Å². The van der Waals surface area contributed by atoms with Crippen molar-refractivity contribution < 1.29 is 0 Å². The average Bonchev–Trinajstić information content (AvgIpc) is 2.61. The summed E-state index contributed by atoms with van der Waals surface area (Å²) in [5.74, 6) is 7.04. The number of rotatable bonds is 3. The quantitative estimate of drug-likeness (QED) is 0.279. The zero-order valence-corrected chi connectivity index (χ0v) is 27.7. The first-order valence-corrected chi connectivity index (χ1v) is 13.8. The minimum Gasteiger partial charge on any atom is -0.103 e. The number of hydrogen-bond acceptors (Lipinski definition) is 0. The summed E-state index contributed by atoms with van der Waals surface area (Å²) in [6.07, 6.45) is 13.5. The van der Waals surface area contributed by atoms with Gasteiger partial charge in [0.15, 0.2) is 0 Å². The summed E-state index contributed by atoms with van der Waals surface area (Å²) in [4.78, 5) is 0. The van der Waals surface area contributed by atoms with Crippen LogP contribution in [-0.4, -0.2) is 0 Å². The van der Waals surface area contributed by atoms with Gasteiger partial charge in [0.25, 0.3) is 0 Å². The monoisotopic (exact) mass is 479 g/mol. The van der Waals surface area contributed by atoms with Crippen LogP contribution >= 0.6 is 0 Å². The third kappa shape index (κ3) is 109. The fraction of sp³-hybridized carbons (Fsp3) is 0.824. The van der Waals surface area contributed by atoms with Gasteiger partial charge in [-0.3, -0.25) is 0 Å². The van der Waals surface area contributed by atoms with Crippen LogP contribution in [0.25, 0.3) is 0 Å². The molecule has 0 aliphatic heterocycles. The van der Waals surface area contributed by atoms with Crippen LogP contribution in [0.1, 0.15) is 157 Å². The minimum atomic E-state index is 0.190. The lowest BCUT2D eigenvalue weighted by atomic mass is 9.96. The smallest absolute Gasteiger partial charge is 0.0230 e. The summed E-state index contributed by atoms with van der Waals surface area (Å²) in [6.45, 7) is 41.4. The largest absolute Gasteiger partial charge is 0.103 e. The van der Waals surface area contributed by atoms with Crippen molar-refractivity contribution in [2.24, 2.45) is 27.6 Å². The van der Waals surface area contributed by atoms with E-state index in [1.807, 2.05) is 0 Å². The molecule has 34 heavy (non-hydrogen) atoms. The molecule has 0 aliphatic rings. The molecule has 0 nitrogen and oxygen atoms in total. The van der Waals surface area contributed by atoms with Gasteiger partial charge >= 0.3 is 0 Å². The second-order valence-corrected chi connectivity index (χ2v) is 14.1. The Morgan fingerprint density at radius 3 is 0.912 bits per heavy atom. The topological polar surface area (TPSA) is 0 Å². The van der Waals surface area contributed by atoms with E-state index in [4.69, 9.17) is 0 Å². The molecule has 0 heteroatoms. The fourth-order valence-electron chi connectivity index (χ4n) is 1.30. The molecular weight excluding hydrogens is 408 g/mol. The van der Waals surface area contributed by atoms with Gasteiger partial charge in [0, 0.05) is 11.8 Å². The van der Waals surface area contributed by atoms with Gasteiger partial charge in [0.2, 0.25) is 0 Å². The molecule has 0 fully saturated rings. The maximum absolute atomic E-state index is 3.12. The predicted octanol–water partition coefficient (Wildman–Crippen LogP) is 12.5. The van der Waals surface area contributed by atoms with Gasteiger partial charge in [0.05, 0.1) is 0 Å². The van der Waals surface area contributed by atoms with Gasteiger partial charge in [-0.2, -0.15) is 0 Å². The maximum atomic E-state index is 3.12. The van der Waals surface area contributed by atoms with Crippen LogP contribution in [0.3, 0.4) is 0 Å². The Hall–Kier alpha value is -0.960. The van der Waals surface area contributed by atoms with E-state index in [1.165, 1.54) is 6.42 Å². The Labute approximate surface area is 220 Å². The molecule has 0 aliphatic carbocycles. The molecule has 0 bridgehead atoms. The third-order valence-electron chi connectivity index (χ3n) is 3.16. The summed E-state index contributed by atoms with van der Waals surface area (Å²) in [7, 11) is 0. The van der Waals surface area contributed by atoms with Gasteiger partial charge in [0.1, 0.15) is 0 Å². The normalized spacial score (nSPS) is 11.6. The predicted molar refractivity (Wildman–Crippen MR) is 166 cm³/mol.